The highest BCUT2D eigenvalue weighted by atomic mass is 16.5. The summed E-state index contributed by atoms with van der Waals surface area (Å²) < 4.78 is 12.1. The molecular weight excluding hydrogens is 398 g/mol. The Kier molecular flexibility index (Phi) is 5.40. The Morgan fingerprint density at radius 2 is 1.81 bits per heavy atom. The first-order valence-corrected chi connectivity index (χ1v) is 9.60. The molecule has 2 heterocycles. The Morgan fingerprint density at radius 1 is 1.03 bits per heavy atom. The van der Waals surface area contributed by atoms with E-state index in [1.807, 2.05) is 30.3 Å². The molecular formula is C22H21N5O4. The first-order chi connectivity index (χ1) is 15.0. The highest BCUT2D eigenvalue weighted by molar-refractivity contribution is 6.01. The fourth-order valence-electron chi connectivity index (χ4n) is 3.49. The Labute approximate surface area is 177 Å². The highest BCUT2D eigenvalue weighted by Gasteiger charge is 2.22. The third kappa shape index (κ3) is 3.73. The number of hydrogen-bond acceptors (Lipinski definition) is 6. The Bertz CT molecular complexity index is 1310. The first-order valence-electron chi connectivity index (χ1n) is 9.60. The second-order valence-corrected chi connectivity index (χ2v) is 6.82. The third-order valence-corrected chi connectivity index (χ3v) is 4.92. The molecule has 0 aliphatic rings. The summed E-state index contributed by atoms with van der Waals surface area (Å²) in [6, 6.07) is 15.0. The topological polar surface area (TPSA) is 125 Å². The number of methoxy groups -OCH3 is 2. The fourth-order valence-corrected chi connectivity index (χ4v) is 3.49. The molecule has 0 unspecified atom stereocenters. The zero-order valence-corrected chi connectivity index (χ0v) is 17.1. The molecule has 2 aromatic heterocycles. The molecule has 2 aromatic carbocycles. The summed E-state index contributed by atoms with van der Waals surface area (Å²) in [5.74, 6) is 0.465. The van der Waals surface area contributed by atoms with Crippen LogP contribution in [0.5, 0.6) is 11.5 Å². The maximum atomic E-state index is 12.9. The number of carbonyl (C=O) groups is 1. The number of hydrogen-bond donors (Lipinski definition) is 2. The molecule has 0 radical (unpaired) electrons. The van der Waals surface area contributed by atoms with Gasteiger partial charge >= 0.3 is 5.69 Å². The molecule has 0 aliphatic heterocycles. The largest absolute Gasteiger partial charge is 0.493 e. The molecule has 3 N–H and O–H groups in total. The maximum Gasteiger partial charge on any atom is 0.332 e. The van der Waals surface area contributed by atoms with E-state index < -0.39 is 11.6 Å². The quantitative estimate of drug-likeness (QED) is 0.472. The molecule has 0 saturated heterocycles. The van der Waals surface area contributed by atoms with Gasteiger partial charge in [0.1, 0.15) is 11.3 Å². The van der Waals surface area contributed by atoms with Gasteiger partial charge in [-0.3, -0.25) is 4.79 Å². The summed E-state index contributed by atoms with van der Waals surface area (Å²) in [4.78, 5) is 36.5. The average molecular weight is 419 g/mol. The van der Waals surface area contributed by atoms with Gasteiger partial charge in [-0.05, 0) is 24.1 Å². The van der Waals surface area contributed by atoms with Crippen LogP contribution in [0.3, 0.4) is 0 Å². The van der Waals surface area contributed by atoms with Gasteiger partial charge in [-0.25, -0.2) is 19.3 Å². The van der Waals surface area contributed by atoms with E-state index in [9.17, 15) is 9.59 Å². The zero-order chi connectivity index (χ0) is 22.0. The molecule has 4 rings (SSSR count). The van der Waals surface area contributed by atoms with Crippen LogP contribution in [0.2, 0.25) is 0 Å². The minimum atomic E-state index is -0.751. The number of primary amides is 1. The molecule has 9 heteroatoms. The van der Waals surface area contributed by atoms with Gasteiger partial charge in [-0.2, -0.15) is 0 Å². The lowest BCUT2D eigenvalue weighted by Crippen LogP contribution is -2.17. The number of nitrogens with two attached hydrogens (primary N) is 1. The maximum absolute atomic E-state index is 12.9. The normalized spacial score (nSPS) is 10.9. The van der Waals surface area contributed by atoms with Crippen LogP contribution in [0.25, 0.3) is 16.9 Å². The van der Waals surface area contributed by atoms with Gasteiger partial charge < -0.3 is 20.2 Å². The predicted molar refractivity (Wildman–Crippen MR) is 115 cm³/mol. The van der Waals surface area contributed by atoms with E-state index in [-0.39, 0.29) is 16.9 Å². The van der Waals surface area contributed by atoms with Gasteiger partial charge in [-0.1, -0.05) is 36.4 Å². The van der Waals surface area contributed by atoms with E-state index in [2.05, 4.69) is 15.0 Å². The van der Waals surface area contributed by atoms with Gasteiger partial charge in [-0.15, -0.1) is 0 Å². The Balaban J connectivity index is 1.89. The van der Waals surface area contributed by atoms with Crippen LogP contribution in [-0.4, -0.2) is 39.6 Å². The van der Waals surface area contributed by atoms with E-state index in [0.29, 0.717) is 35.9 Å². The van der Waals surface area contributed by atoms with E-state index in [1.54, 1.807) is 18.2 Å². The van der Waals surface area contributed by atoms with E-state index in [4.69, 9.17) is 15.2 Å². The Morgan fingerprint density at radius 3 is 2.48 bits per heavy atom. The number of rotatable bonds is 7. The molecule has 0 fully saturated rings. The van der Waals surface area contributed by atoms with Crippen molar-refractivity contribution in [2.45, 2.75) is 12.8 Å². The summed E-state index contributed by atoms with van der Waals surface area (Å²) >= 11 is 0. The van der Waals surface area contributed by atoms with Crippen LogP contribution in [0.1, 0.15) is 21.9 Å². The lowest BCUT2D eigenvalue weighted by Gasteiger charge is -2.13. The van der Waals surface area contributed by atoms with E-state index in [0.717, 1.165) is 5.56 Å². The van der Waals surface area contributed by atoms with Crippen molar-refractivity contribution in [3.63, 3.8) is 0 Å². The van der Waals surface area contributed by atoms with Crippen LogP contribution in [-0.2, 0) is 12.8 Å². The number of imidazole rings is 1. The molecule has 1 amide bonds. The summed E-state index contributed by atoms with van der Waals surface area (Å²) in [6.07, 6.45) is 1.14. The SMILES string of the molecule is COc1cccc(-n2c(=O)[nH]c3c(C(N)=O)nc(CCc4ccccc4)nc32)c1OC. The van der Waals surface area contributed by atoms with Crippen LogP contribution in [0, 0.1) is 0 Å². The first kappa shape index (κ1) is 20.1. The van der Waals surface area contributed by atoms with Gasteiger partial charge in [0.15, 0.2) is 22.8 Å². The lowest BCUT2D eigenvalue weighted by molar-refractivity contribution is 0.0996. The number of H-pyrrole nitrogens is 1. The van der Waals surface area contributed by atoms with Crippen LogP contribution in [0.15, 0.2) is 53.3 Å². The van der Waals surface area contributed by atoms with Crippen molar-refractivity contribution in [2.24, 2.45) is 5.73 Å². The summed E-state index contributed by atoms with van der Waals surface area (Å²) in [7, 11) is 2.99. The summed E-state index contributed by atoms with van der Waals surface area (Å²) in [6.45, 7) is 0. The van der Waals surface area contributed by atoms with Crippen LogP contribution >= 0.6 is 0 Å². The third-order valence-electron chi connectivity index (χ3n) is 4.92. The Hall–Kier alpha value is -4.14. The molecule has 4 aromatic rings. The number of para-hydroxylation sites is 1. The van der Waals surface area contributed by atoms with Crippen molar-refractivity contribution in [3.8, 4) is 17.2 Å². The number of benzene rings is 2. The zero-order valence-electron chi connectivity index (χ0n) is 17.1. The number of aromatic nitrogens is 4. The van der Waals surface area contributed by atoms with Crippen LogP contribution < -0.4 is 20.9 Å². The minimum absolute atomic E-state index is 0.0363. The van der Waals surface area contributed by atoms with Crippen molar-refractivity contribution in [2.75, 3.05) is 14.2 Å². The number of nitrogens with zero attached hydrogens (tertiary/aromatic N) is 3. The molecule has 158 valence electrons. The number of aryl methyl sites for hydroxylation is 2. The number of ether oxygens (including phenoxy) is 2. The average Bonchev–Trinajstić information content (AvgIpc) is 3.12. The van der Waals surface area contributed by atoms with Crippen molar-refractivity contribution >= 4 is 17.1 Å². The molecule has 0 spiro atoms. The molecule has 0 bridgehead atoms. The number of nitrogens with one attached hydrogen (secondary N) is 1. The van der Waals surface area contributed by atoms with Gasteiger partial charge in [0.2, 0.25) is 0 Å². The smallest absolute Gasteiger partial charge is 0.332 e. The van der Waals surface area contributed by atoms with Crippen LogP contribution in [0.4, 0.5) is 0 Å². The van der Waals surface area contributed by atoms with E-state index >= 15 is 0 Å². The van der Waals surface area contributed by atoms with Gasteiger partial charge in [0, 0.05) is 6.42 Å². The molecule has 0 aliphatic carbocycles. The monoisotopic (exact) mass is 419 g/mol. The van der Waals surface area contributed by atoms with Crippen molar-refractivity contribution < 1.29 is 14.3 Å². The van der Waals surface area contributed by atoms with Gasteiger partial charge in [0.05, 0.1) is 19.9 Å². The second-order valence-electron chi connectivity index (χ2n) is 6.82. The standard InChI is InChI=1S/C22H21N5O4/c1-30-15-10-6-9-14(19(15)31-2)27-21-18(26-22(27)29)17(20(23)28)24-16(25-21)12-11-13-7-4-3-5-8-13/h3-10H,11-12H2,1-2H3,(H2,23,28)(H,26,29). The molecule has 31 heavy (non-hydrogen) atoms. The minimum Gasteiger partial charge on any atom is -0.493 e. The number of aromatic amines is 1. The molecule has 0 atom stereocenters. The number of amides is 1. The molecule has 0 saturated carbocycles. The predicted octanol–water partition coefficient (Wildman–Crippen LogP) is 2.01. The van der Waals surface area contributed by atoms with Crippen molar-refractivity contribution in [1.82, 2.24) is 19.5 Å². The second kappa shape index (κ2) is 8.31. The summed E-state index contributed by atoms with van der Waals surface area (Å²) in [5.41, 5.74) is 6.95. The number of carbonyl (C=O) groups excluding carboxylic acids is 1. The fraction of sp³-hybridized carbons (Fsp3) is 0.182. The van der Waals surface area contributed by atoms with Crippen molar-refractivity contribution in [1.29, 1.82) is 0 Å². The van der Waals surface area contributed by atoms with Gasteiger partial charge in [0.25, 0.3) is 5.91 Å². The summed E-state index contributed by atoms with van der Waals surface area (Å²) in [5, 5.41) is 0. The number of fused-ring (bicyclic) bond motifs is 1. The van der Waals surface area contributed by atoms with Crippen molar-refractivity contribution in [3.05, 3.63) is 76.1 Å². The molecule has 9 nitrogen and oxygen atoms in total. The highest BCUT2D eigenvalue weighted by Crippen LogP contribution is 2.34. The van der Waals surface area contributed by atoms with E-state index in [1.165, 1.54) is 18.8 Å². The lowest BCUT2D eigenvalue weighted by atomic mass is 10.1.